The van der Waals surface area contributed by atoms with Gasteiger partial charge in [-0.25, -0.2) is 13.2 Å². The summed E-state index contributed by atoms with van der Waals surface area (Å²) in [4.78, 5) is 0. The minimum atomic E-state index is -1.86. The zero-order valence-electron chi connectivity index (χ0n) is 4.99. The van der Waals surface area contributed by atoms with Gasteiger partial charge in [0.2, 0.25) is 0 Å². The van der Waals surface area contributed by atoms with Gasteiger partial charge in [-0.2, -0.15) is 0 Å². The quantitative estimate of drug-likeness (QED) is 0.481. The van der Waals surface area contributed by atoms with Crippen LogP contribution in [0.25, 0.3) is 0 Å². The van der Waals surface area contributed by atoms with Crippen LogP contribution in [0.4, 0.5) is 13.2 Å². The summed E-state index contributed by atoms with van der Waals surface area (Å²) in [5.41, 5.74) is 0. The summed E-state index contributed by atoms with van der Waals surface area (Å²) >= 11 is 0. The van der Waals surface area contributed by atoms with E-state index in [2.05, 4.69) is 0 Å². The molecule has 3 heteroatoms. The Morgan fingerprint density at radius 2 is 1.33 bits per heavy atom. The second-order valence-electron chi connectivity index (χ2n) is 2.41. The standard InChI is InChI=1S/C6H9F3/c7-4-2-1-3-5(8)6(4)9/h4-6H,1-3H2/t4-,5+,6-. The van der Waals surface area contributed by atoms with E-state index >= 15 is 0 Å². The van der Waals surface area contributed by atoms with Gasteiger partial charge < -0.3 is 0 Å². The molecule has 1 aliphatic carbocycles. The highest BCUT2D eigenvalue weighted by Crippen LogP contribution is 2.26. The van der Waals surface area contributed by atoms with Crippen molar-refractivity contribution in [1.29, 1.82) is 0 Å². The molecule has 0 aromatic heterocycles. The number of hydrogen-bond acceptors (Lipinski definition) is 0. The minimum absolute atomic E-state index is 0.182. The van der Waals surface area contributed by atoms with E-state index in [1.54, 1.807) is 0 Å². The zero-order chi connectivity index (χ0) is 6.85. The van der Waals surface area contributed by atoms with Crippen molar-refractivity contribution in [3.63, 3.8) is 0 Å². The van der Waals surface area contributed by atoms with Crippen LogP contribution >= 0.6 is 0 Å². The lowest BCUT2D eigenvalue weighted by atomic mass is 9.95. The van der Waals surface area contributed by atoms with Crippen molar-refractivity contribution in [2.45, 2.75) is 37.8 Å². The van der Waals surface area contributed by atoms with Crippen LogP contribution in [-0.2, 0) is 0 Å². The van der Waals surface area contributed by atoms with E-state index in [4.69, 9.17) is 0 Å². The summed E-state index contributed by atoms with van der Waals surface area (Å²) in [7, 11) is 0. The van der Waals surface area contributed by atoms with E-state index in [0.29, 0.717) is 6.42 Å². The van der Waals surface area contributed by atoms with Gasteiger partial charge in [-0.1, -0.05) is 0 Å². The molecule has 0 aromatic rings. The van der Waals surface area contributed by atoms with Crippen LogP contribution in [0.1, 0.15) is 19.3 Å². The number of rotatable bonds is 0. The van der Waals surface area contributed by atoms with E-state index in [9.17, 15) is 13.2 Å². The van der Waals surface area contributed by atoms with Gasteiger partial charge in [-0.05, 0) is 19.3 Å². The Morgan fingerprint density at radius 1 is 0.889 bits per heavy atom. The van der Waals surface area contributed by atoms with Gasteiger partial charge in [0.15, 0.2) is 6.17 Å². The first-order chi connectivity index (χ1) is 4.22. The summed E-state index contributed by atoms with van der Waals surface area (Å²) in [6, 6.07) is 0. The highest BCUT2D eigenvalue weighted by atomic mass is 19.2. The van der Waals surface area contributed by atoms with Crippen LogP contribution in [0.3, 0.4) is 0 Å². The van der Waals surface area contributed by atoms with E-state index in [1.165, 1.54) is 0 Å². The molecule has 0 radical (unpaired) electrons. The normalized spacial score (nSPS) is 45.0. The molecule has 1 rings (SSSR count). The third kappa shape index (κ3) is 1.37. The van der Waals surface area contributed by atoms with Crippen LogP contribution in [-0.4, -0.2) is 18.5 Å². The van der Waals surface area contributed by atoms with Crippen molar-refractivity contribution in [3.05, 3.63) is 0 Å². The third-order valence-corrected chi connectivity index (χ3v) is 1.65. The maximum Gasteiger partial charge on any atom is 0.162 e. The monoisotopic (exact) mass is 138 g/mol. The van der Waals surface area contributed by atoms with Crippen LogP contribution in [0.5, 0.6) is 0 Å². The van der Waals surface area contributed by atoms with E-state index in [1.807, 2.05) is 0 Å². The Hall–Kier alpha value is -0.210. The Morgan fingerprint density at radius 3 is 1.67 bits per heavy atom. The molecule has 54 valence electrons. The first-order valence-electron chi connectivity index (χ1n) is 3.14. The Labute approximate surface area is 52.1 Å². The lowest BCUT2D eigenvalue weighted by molar-refractivity contribution is 0.0436. The van der Waals surface area contributed by atoms with E-state index in [-0.39, 0.29) is 12.8 Å². The summed E-state index contributed by atoms with van der Waals surface area (Å²) < 4.78 is 36.6. The molecule has 0 aromatic carbocycles. The predicted octanol–water partition coefficient (Wildman–Crippen LogP) is 2.18. The number of alkyl halides is 3. The number of hydrogen-bond donors (Lipinski definition) is 0. The molecule has 0 nitrogen and oxygen atoms in total. The van der Waals surface area contributed by atoms with Crippen molar-refractivity contribution in [1.82, 2.24) is 0 Å². The van der Waals surface area contributed by atoms with Gasteiger partial charge in [-0.15, -0.1) is 0 Å². The summed E-state index contributed by atoms with van der Waals surface area (Å²) in [5, 5.41) is 0. The molecule has 9 heavy (non-hydrogen) atoms. The van der Waals surface area contributed by atoms with Crippen LogP contribution in [0.2, 0.25) is 0 Å². The van der Waals surface area contributed by atoms with Crippen molar-refractivity contribution >= 4 is 0 Å². The molecule has 0 heterocycles. The fourth-order valence-corrected chi connectivity index (χ4v) is 1.05. The van der Waals surface area contributed by atoms with Gasteiger partial charge in [0.05, 0.1) is 0 Å². The lowest BCUT2D eigenvalue weighted by Crippen LogP contribution is -2.32. The summed E-state index contributed by atoms with van der Waals surface area (Å²) in [6.07, 6.45) is -4.15. The molecule has 3 atom stereocenters. The van der Waals surface area contributed by atoms with Gasteiger partial charge in [-0.3, -0.25) is 0 Å². The molecule has 1 saturated carbocycles. The number of halogens is 3. The molecule has 0 bridgehead atoms. The minimum Gasteiger partial charge on any atom is -0.244 e. The molecule has 1 aliphatic rings. The van der Waals surface area contributed by atoms with Gasteiger partial charge >= 0.3 is 0 Å². The second kappa shape index (κ2) is 2.58. The maximum absolute atomic E-state index is 12.2. The van der Waals surface area contributed by atoms with Gasteiger partial charge in [0.1, 0.15) is 12.3 Å². The van der Waals surface area contributed by atoms with Crippen molar-refractivity contribution in [2.75, 3.05) is 0 Å². The second-order valence-corrected chi connectivity index (χ2v) is 2.41. The molecule has 0 unspecified atom stereocenters. The van der Waals surface area contributed by atoms with Crippen LogP contribution in [0.15, 0.2) is 0 Å². The van der Waals surface area contributed by atoms with E-state index < -0.39 is 18.5 Å². The third-order valence-electron chi connectivity index (χ3n) is 1.65. The van der Waals surface area contributed by atoms with Crippen molar-refractivity contribution < 1.29 is 13.2 Å². The average Bonchev–Trinajstić information content (AvgIpc) is 1.83. The topological polar surface area (TPSA) is 0 Å². The van der Waals surface area contributed by atoms with Gasteiger partial charge in [0.25, 0.3) is 0 Å². The fourth-order valence-electron chi connectivity index (χ4n) is 1.05. The van der Waals surface area contributed by atoms with E-state index in [0.717, 1.165) is 0 Å². The molecule has 0 saturated heterocycles. The van der Waals surface area contributed by atoms with Crippen molar-refractivity contribution in [2.24, 2.45) is 0 Å². The highest BCUT2D eigenvalue weighted by Gasteiger charge is 2.33. The predicted molar refractivity (Wildman–Crippen MR) is 28.5 cm³/mol. The largest absolute Gasteiger partial charge is 0.244 e. The van der Waals surface area contributed by atoms with Crippen LogP contribution in [0, 0.1) is 0 Å². The summed E-state index contributed by atoms with van der Waals surface area (Å²) in [6.45, 7) is 0. The molecular formula is C6H9F3. The SMILES string of the molecule is F[C@@H]1[C@H](F)CCC[C@@H]1F. The Balaban J connectivity index is 2.41. The van der Waals surface area contributed by atoms with Gasteiger partial charge in [0, 0.05) is 0 Å². The van der Waals surface area contributed by atoms with Crippen LogP contribution < -0.4 is 0 Å². The first kappa shape index (κ1) is 6.90. The first-order valence-corrected chi connectivity index (χ1v) is 3.14. The lowest BCUT2D eigenvalue weighted by Gasteiger charge is -2.22. The zero-order valence-corrected chi connectivity index (χ0v) is 4.99. The Kier molecular flexibility index (Phi) is 1.98. The molecule has 0 spiro atoms. The Bertz CT molecular complexity index is 84.3. The maximum atomic E-state index is 12.2. The van der Waals surface area contributed by atoms with Crippen molar-refractivity contribution in [3.8, 4) is 0 Å². The highest BCUT2D eigenvalue weighted by molar-refractivity contribution is 4.81. The molecule has 0 aliphatic heterocycles. The molecular weight excluding hydrogens is 129 g/mol. The summed E-state index contributed by atoms with van der Waals surface area (Å²) in [5.74, 6) is 0. The average molecular weight is 138 g/mol. The molecule has 1 fully saturated rings. The molecule has 0 amide bonds. The molecule has 0 N–H and O–H groups in total. The smallest absolute Gasteiger partial charge is 0.162 e. The fraction of sp³-hybridized carbons (Fsp3) is 1.00.